The molecule has 0 saturated heterocycles. The van der Waals surface area contributed by atoms with Gasteiger partial charge in [0, 0.05) is 12.7 Å². The van der Waals surface area contributed by atoms with Crippen LogP contribution in [0.15, 0.2) is 28.3 Å². The monoisotopic (exact) mass is 227 g/mol. The molecule has 80 valence electrons. The first kappa shape index (κ1) is 11.5. The van der Waals surface area contributed by atoms with E-state index < -0.39 is 9.84 Å². The minimum atomic E-state index is -3.35. The Balaban J connectivity index is 3.31. The molecule has 0 aliphatic carbocycles. The zero-order valence-electron chi connectivity index (χ0n) is 8.00. The van der Waals surface area contributed by atoms with Crippen LogP contribution in [0.25, 0.3) is 0 Å². The lowest BCUT2D eigenvalue weighted by Gasteiger charge is -2.02. The molecule has 0 saturated carbocycles. The summed E-state index contributed by atoms with van der Waals surface area (Å²) in [5.74, 6) is 0. The lowest BCUT2D eigenvalue weighted by atomic mass is 10.1. The number of aldehydes is 1. The zero-order chi connectivity index (χ0) is 11.5. The van der Waals surface area contributed by atoms with Crippen molar-refractivity contribution in [2.75, 3.05) is 6.26 Å². The van der Waals surface area contributed by atoms with Crippen LogP contribution < -0.4 is 0 Å². The first-order valence-electron chi connectivity index (χ1n) is 4.09. The number of hydrogen-bond acceptors (Lipinski definition) is 5. The van der Waals surface area contributed by atoms with Crippen LogP contribution in [0.3, 0.4) is 0 Å². The molecule has 1 aromatic rings. The van der Waals surface area contributed by atoms with Crippen LogP contribution in [-0.4, -0.2) is 21.0 Å². The number of nitroso groups, excluding NO2 is 1. The molecular weight excluding hydrogens is 218 g/mol. The summed E-state index contributed by atoms with van der Waals surface area (Å²) < 4.78 is 22.3. The molecule has 1 rings (SSSR count). The van der Waals surface area contributed by atoms with Crippen molar-refractivity contribution in [3.8, 4) is 0 Å². The first-order chi connectivity index (χ1) is 6.99. The Kier molecular flexibility index (Phi) is 3.31. The van der Waals surface area contributed by atoms with E-state index in [9.17, 15) is 18.1 Å². The molecule has 0 atom stereocenters. The highest BCUT2D eigenvalue weighted by atomic mass is 32.2. The van der Waals surface area contributed by atoms with Gasteiger partial charge in [-0.25, -0.2) is 8.42 Å². The molecule has 0 aliphatic rings. The van der Waals surface area contributed by atoms with Gasteiger partial charge in [-0.3, -0.25) is 0 Å². The Morgan fingerprint density at radius 3 is 2.53 bits per heavy atom. The van der Waals surface area contributed by atoms with E-state index in [1.807, 2.05) is 0 Å². The second-order valence-electron chi connectivity index (χ2n) is 3.02. The fourth-order valence-corrected chi connectivity index (χ4v) is 1.76. The topological polar surface area (TPSA) is 80.6 Å². The van der Waals surface area contributed by atoms with Crippen LogP contribution in [0, 0.1) is 4.91 Å². The molecule has 0 N–H and O–H groups in total. The van der Waals surface area contributed by atoms with Crippen molar-refractivity contribution in [3.05, 3.63) is 28.7 Å². The highest BCUT2D eigenvalue weighted by Gasteiger charge is 2.11. The van der Waals surface area contributed by atoms with Crippen molar-refractivity contribution in [2.24, 2.45) is 5.18 Å². The van der Waals surface area contributed by atoms with Gasteiger partial charge in [-0.1, -0.05) is 6.07 Å². The first-order valence-corrected chi connectivity index (χ1v) is 5.98. The van der Waals surface area contributed by atoms with Crippen molar-refractivity contribution in [2.45, 2.75) is 11.3 Å². The molecule has 6 heteroatoms. The summed E-state index contributed by atoms with van der Waals surface area (Å²) in [6.07, 6.45) is 1.71. The molecule has 0 spiro atoms. The van der Waals surface area contributed by atoms with Gasteiger partial charge in [0.2, 0.25) is 0 Å². The molecule has 0 unspecified atom stereocenters. The van der Waals surface area contributed by atoms with E-state index in [0.29, 0.717) is 11.8 Å². The number of rotatable bonds is 4. The average Bonchev–Trinajstić information content (AvgIpc) is 2.17. The third-order valence-electron chi connectivity index (χ3n) is 1.89. The van der Waals surface area contributed by atoms with E-state index in [2.05, 4.69) is 5.18 Å². The molecular formula is C9H9NO4S. The van der Waals surface area contributed by atoms with Crippen LogP contribution in [0.2, 0.25) is 0 Å². The van der Waals surface area contributed by atoms with E-state index in [-0.39, 0.29) is 17.0 Å². The largest absolute Gasteiger partial charge is 0.303 e. The molecule has 15 heavy (non-hydrogen) atoms. The van der Waals surface area contributed by atoms with Gasteiger partial charge in [-0.05, 0) is 22.9 Å². The summed E-state index contributed by atoms with van der Waals surface area (Å²) in [6.45, 7) is 0. The van der Waals surface area contributed by atoms with Crippen LogP contribution in [0.5, 0.6) is 0 Å². The quantitative estimate of drug-likeness (QED) is 0.572. The third kappa shape index (κ3) is 2.69. The molecule has 0 amide bonds. The normalized spacial score (nSPS) is 11.0. The van der Waals surface area contributed by atoms with E-state index in [4.69, 9.17) is 0 Å². The highest BCUT2D eigenvalue weighted by Crippen LogP contribution is 2.23. The molecule has 0 aromatic heterocycles. The van der Waals surface area contributed by atoms with Gasteiger partial charge in [0.15, 0.2) is 9.84 Å². The molecule has 0 radical (unpaired) electrons. The molecule has 1 aromatic carbocycles. The molecule has 0 fully saturated rings. The summed E-state index contributed by atoms with van der Waals surface area (Å²) in [4.78, 5) is 20.7. The Hall–Kier alpha value is -1.56. The SMILES string of the molecule is CS(=O)(=O)c1ccc(CC=O)c(N=O)c1. The Morgan fingerprint density at radius 1 is 1.40 bits per heavy atom. The second-order valence-corrected chi connectivity index (χ2v) is 5.04. The second kappa shape index (κ2) is 4.31. The van der Waals surface area contributed by atoms with Gasteiger partial charge >= 0.3 is 0 Å². The molecule has 5 nitrogen and oxygen atoms in total. The number of carbonyl (C=O) groups excluding carboxylic acids is 1. The van der Waals surface area contributed by atoms with Gasteiger partial charge in [-0.15, -0.1) is 4.91 Å². The number of benzene rings is 1. The van der Waals surface area contributed by atoms with Crippen molar-refractivity contribution < 1.29 is 13.2 Å². The van der Waals surface area contributed by atoms with Crippen LogP contribution in [0.4, 0.5) is 5.69 Å². The third-order valence-corrected chi connectivity index (χ3v) is 3.00. The lowest BCUT2D eigenvalue weighted by Crippen LogP contribution is -1.97. The summed E-state index contributed by atoms with van der Waals surface area (Å²) in [5, 5.41) is 2.69. The fraction of sp³-hybridized carbons (Fsp3) is 0.222. The Labute approximate surface area is 87.0 Å². The molecule has 0 aliphatic heterocycles. The standard InChI is InChI=1S/C9H9NO4S/c1-15(13,14)8-3-2-7(4-5-11)9(6-8)10-12/h2-3,5-6H,4H2,1H3. The maximum atomic E-state index is 11.2. The smallest absolute Gasteiger partial charge is 0.175 e. The number of nitrogens with zero attached hydrogens (tertiary/aromatic N) is 1. The van der Waals surface area contributed by atoms with Gasteiger partial charge in [-0.2, -0.15) is 0 Å². The van der Waals surface area contributed by atoms with Crippen molar-refractivity contribution in [1.82, 2.24) is 0 Å². The van der Waals surface area contributed by atoms with Gasteiger partial charge in [0.1, 0.15) is 12.0 Å². The van der Waals surface area contributed by atoms with Gasteiger partial charge in [0.25, 0.3) is 0 Å². The number of carbonyl (C=O) groups is 1. The Bertz CT molecular complexity index is 493. The molecule has 0 bridgehead atoms. The highest BCUT2D eigenvalue weighted by molar-refractivity contribution is 7.90. The fourth-order valence-electron chi connectivity index (χ4n) is 1.12. The maximum absolute atomic E-state index is 11.2. The van der Waals surface area contributed by atoms with Gasteiger partial charge in [0.05, 0.1) is 4.90 Å². The van der Waals surface area contributed by atoms with Crippen molar-refractivity contribution in [1.29, 1.82) is 0 Å². The summed E-state index contributed by atoms with van der Waals surface area (Å²) in [5.41, 5.74) is 0.414. The van der Waals surface area contributed by atoms with Crippen LogP contribution in [-0.2, 0) is 21.1 Å². The van der Waals surface area contributed by atoms with Crippen molar-refractivity contribution >= 4 is 21.8 Å². The summed E-state index contributed by atoms with van der Waals surface area (Å²) in [6, 6.07) is 3.94. The number of hydrogen-bond donors (Lipinski definition) is 0. The summed E-state index contributed by atoms with van der Waals surface area (Å²) in [7, 11) is -3.35. The van der Waals surface area contributed by atoms with E-state index >= 15 is 0 Å². The predicted molar refractivity (Wildman–Crippen MR) is 54.8 cm³/mol. The van der Waals surface area contributed by atoms with Gasteiger partial charge < -0.3 is 4.79 Å². The Morgan fingerprint density at radius 2 is 2.07 bits per heavy atom. The lowest BCUT2D eigenvalue weighted by molar-refractivity contribution is -0.107. The van der Waals surface area contributed by atoms with Crippen LogP contribution >= 0.6 is 0 Å². The zero-order valence-corrected chi connectivity index (χ0v) is 8.82. The minimum Gasteiger partial charge on any atom is -0.303 e. The number of sulfone groups is 1. The maximum Gasteiger partial charge on any atom is 0.175 e. The van der Waals surface area contributed by atoms with E-state index in [1.165, 1.54) is 18.2 Å². The minimum absolute atomic E-state index is 0.00924. The van der Waals surface area contributed by atoms with Crippen molar-refractivity contribution in [3.63, 3.8) is 0 Å². The van der Waals surface area contributed by atoms with E-state index in [0.717, 1.165) is 6.26 Å². The summed E-state index contributed by atoms with van der Waals surface area (Å²) >= 11 is 0. The predicted octanol–water partition coefficient (Wildman–Crippen LogP) is 1.23. The van der Waals surface area contributed by atoms with E-state index in [1.54, 1.807) is 0 Å². The van der Waals surface area contributed by atoms with Crippen LogP contribution in [0.1, 0.15) is 5.56 Å². The molecule has 0 heterocycles. The average molecular weight is 227 g/mol.